The predicted octanol–water partition coefficient (Wildman–Crippen LogP) is 3.08. The van der Waals surface area contributed by atoms with Gasteiger partial charge in [-0.05, 0) is 49.3 Å². The number of hydrogen-bond acceptors (Lipinski definition) is 5. The summed E-state index contributed by atoms with van der Waals surface area (Å²) in [7, 11) is 1.75. The second-order valence-corrected chi connectivity index (χ2v) is 8.30. The Bertz CT molecular complexity index is 919. The molecule has 2 aliphatic heterocycles. The lowest BCUT2D eigenvalue weighted by atomic mass is 9.77. The average Bonchev–Trinajstić information content (AvgIpc) is 2.99. The van der Waals surface area contributed by atoms with Gasteiger partial charge in [0.05, 0.1) is 18.3 Å². The molecule has 6 nitrogen and oxygen atoms in total. The van der Waals surface area contributed by atoms with Crippen LogP contribution in [0.4, 0.5) is 11.8 Å². The summed E-state index contributed by atoms with van der Waals surface area (Å²) in [6.45, 7) is 4.69. The maximum absolute atomic E-state index is 13.0. The zero-order valence-electron chi connectivity index (χ0n) is 15.7. The van der Waals surface area contributed by atoms with Gasteiger partial charge in [0.15, 0.2) is 0 Å². The van der Waals surface area contributed by atoms with Crippen LogP contribution in [0.5, 0.6) is 0 Å². The van der Waals surface area contributed by atoms with Crippen molar-refractivity contribution < 1.29 is 4.74 Å². The van der Waals surface area contributed by atoms with E-state index in [1.807, 2.05) is 6.07 Å². The minimum Gasteiger partial charge on any atom is -0.383 e. The van der Waals surface area contributed by atoms with E-state index >= 15 is 0 Å². The Kier molecular flexibility index (Phi) is 4.64. The molecule has 1 aromatic heterocycles. The van der Waals surface area contributed by atoms with Crippen LogP contribution in [0.25, 0.3) is 11.1 Å². The van der Waals surface area contributed by atoms with Crippen molar-refractivity contribution in [1.82, 2.24) is 9.55 Å². The van der Waals surface area contributed by atoms with E-state index in [0.717, 1.165) is 39.0 Å². The maximum atomic E-state index is 13.0. The number of piperidine rings is 1. The van der Waals surface area contributed by atoms with Crippen LogP contribution >= 0.6 is 11.6 Å². The zero-order valence-corrected chi connectivity index (χ0v) is 16.5. The minimum atomic E-state index is -0.155. The normalized spacial score (nSPS) is 21.7. The number of halogens is 1. The zero-order chi connectivity index (χ0) is 19.2. The molecule has 1 spiro atoms. The number of rotatable bonds is 2. The molecule has 1 atom stereocenters. The molecule has 7 heteroatoms. The van der Waals surface area contributed by atoms with E-state index in [9.17, 15) is 4.79 Å². The lowest BCUT2D eigenvalue weighted by Crippen LogP contribution is -2.43. The van der Waals surface area contributed by atoms with Crippen molar-refractivity contribution >= 4 is 23.4 Å². The largest absolute Gasteiger partial charge is 0.383 e. The van der Waals surface area contributed by atoms with Gasteiger partial charge in [0.1, 0.15) is 5.82 Å². The Labute approximate surface area is 163 Å². The highest BCUT2D eigenvalue weighted by molar-refractivity contribution is 6.30. The lowest BCUT2D eigenvalue weighted by Gasteiger charge is -2.39. The highest BCUT2D eigenvalue weighted by Gasteiger charge is 2.41. The first kappa shape index (κ1) is 18.3. The SMILES string of the molecule is C[C@H]1CC2(CCN(c3nc(N)c(-c4cccc(Cl)c4)c(=O)n3C)CC2)CO1. The van der Waals surface area contributed by atoms with Crippen molar-refractivity contribution in [2.24, 2.45) is 12.5 Å². The Morgan fingerprint density at radius 1 is 1.33 bits per heavy atom. The highest BCUT2D eigenvalue weighted by atomic mass is 35.5. The molecule has 2 aliphatic rings. The van der Waals surface area contributed by atoms with Gasteiger partial charge in [-0.25, -0.2) is 0 Å². The maximum Gasteiger partial charge on any atom is 0.264 e. The Morgan fingerprint density at radius 2 is 2.07 bits per heavy atom. The molecule has 0 unspecified atom stereocenters. The van der Waals surface area contributed by atoms with Crippen LogP contribution in [0.3, 0.4) is 0 Å². The molecule has 2 saturated heterocycles. The van der Waals surface area contributed by atoms with E-state index in [0.29, 0.717) is 28.2 Å². The van der Waals surface area contributed by atoms with Crippen LogP contribution in [0.2, 0.25) is 5.02 Å². The van der Waals surface area contributed by atoms with Crippen molar-refractivity contribution in [2.75, 3.05) is 30.3 Å². The number of anilines is 2. The third-order valence-corrected chi connectivity index (χ3v) is 6.14. The molecular weight excluding hydrogens is 364 g/mol. The summed E-state index contributed by atoms with van der Waals surface area (Å²) in [5.74, 6) is 0.874. The number of nitrogens with two attached hydrogens (primary N) is 1. The standard InChI is InChI=1S/C20H25ClN4O2/c1-13-11-20(12-27-13)6-8-25(9-7-20)19-23-17(22)16(18(26)24(19)2)14-4-3-5-15(21)10-14/h3-5,10,13H,6-9,11-12,22H2,1-2H3/t13-/m0/s1. The van der Waals surface area contributed by atoms with Gasteiger partial charge in [0.25, 0.3) is 5.56 Å². The third-order valence-electron chi connectivity index (χ3n) is 5.91. The first-order valence-corrected chi connectivity index (χ1v) is 9.75. The van der Waals surface area contributed by atoms with E-state index < -0.39 is 0 Å². The monoisotopic (exact) mass is 388 g/mol. The molecule has 0 bridgehead atoms. The summed E-state index contributed by atoms with van der Waals surface area (Å²) < 4.78 is 7.40. The Balaban J connectivity index is 1.63. The quantitative estimate of drug-likeness (QED) is 0.855. The summed E-state index contributed by atoms with van der Waals surface area (Å²) in [5, 5.41) is 0.562. The second-order valence-electron chi connectivity index (χ2n) is 7.86. The van der Waals surface area contributed by atoms with E-state index in [4.69, 9.17) is 22.1 Å². The molecule has 4 rings (SSSR count). The molecule has 2 aromatic rings. The molecule has 0 radical (unpaired) electrons. The van der Waals surface area contributed by atoms with Crippen molar-refractivity contribution in [2.45, 2.75) is 32.3 Å². The van der Waals surface area contributed by atoms with E-state index in [1.54, 1.807) is 29.8 Å². The van der Waals surface area contributed by atoms with Gasteiger partial charge in [0, 0.05) is 25.2 Å². The molecule has 144 valence electrons. The van der Waals surface area contributed by atoms with Crippen molar-refractivity contribution in [3.05, 3.63) is 39.6 Å². The van der Waals surface area contributed by atoms with Gasteiger partial charge in [-0.15, -0.1) is 0 Å². The van der Waals surface area contributed by atoms with E-state index in [-0.39, 0.29) is 16.8 Å². The molecule has 1 aromatic carbocycles. The Hall–Kier alpha value is -2.05. The average molecular weight is 389 g/mol. The van der Waals surface area contributed by atoms with Crippen LogP contribution in [-0.2, 0) is 11.8 Å². The number of ether oxygens (including phenoxy) is 1. The second kappa shape index (κ2) is 6.84. The molecule has 27 heavy (non-hydrogen) atoms. The smallest absolute Gasteiger partial charge is 0.264 e. The fraction of sp³-hybridized carbons (Fsp3) is 0.500. The summed E-state index contributed by atoms with van der Waals surface area (Å²) in [5.41, 5.74) is 7.41. The van der Waals surface area contributed by atoms with Crippen molar-refractivity contribution in [1.29, 1.82) is 0 Å². The van der Waals surface area contributed by atoms with Gasteiger partial charge in [0.2, 0.25) is 5.95 Å². The van der Waals surface area contributed by atoms with Crippen LogP contribution in [0.1, 0.15) is 26.2 Å². The molecule has 0 aliphatic carbocycles. The summed E-state index contributed by atoms with van der Waals surface area (Å²) in [6.07, 6.45) is 3.54. The van der Waals surface area contributed by atoms with Crippen molar-refractivity contribution in [3.8, 4) is 11.1 Å². The van der Waals surface area contributed by atoms with Crippen molar-refractivity contribution in [3.63, 3.8) is 0 Å². The molecule has 0 amide bonds. The first-order valence-electron chi connectivity index (χ1n) is 9.38. The number of nitrogen functional groups attached to an aromatic ring is 1. The number of nitrogens with zero attached hydrogens (tertiary/aromatic N) is 3. The first-order chi connectivity index (χ1) is 12.9. The van der Waals surface area contributed by atoms with E-state index in [1.165, 1.54) is 0 Å². The number of benzene rings is 1. The summed E-state index contributed by atoms with van der Waals surface area (Å²) in [6, 6.07) is 7.14. The van der Waals surface area contributed by atoms with Gasteiger partial charge in [-0.1, -0.05) is 23.7 Å². The van der Waals surface area contributed by atoms with Gasteiger partial charge >= 0.3 is 0 Å². The number of aromatic nitrogens is 2. The molecule has 0 saturated carbocycles. The lowest BCUT2D eigenvalue weighted by molar-refractivity contribution is 0.0974. The van der Waals surface area contributed by atoms with Gasteiger partial charge in [-0.2, -0.15) is 4.98 Å². The number of hydrogen-bond donors (Lipinski definition) is 1. The molecule has 3 heterocycles. The van der Waals surface area contributed by atoms with Crippen LogP contribution in [-0.4, -0.2) is 35.4 Å². The minimum absolute atomic E-state index is 0.155. The fourth-order valence-corrected chi connectivity index (χ4v) is 4.57. The summed E-state index contributed by atoms with van der Waals surface area (Å²) >= 11 is 6.07. The summed E-state index contributed by atoms with van der Waals surface area (Å²) in [4.78, 5) is 19.8. The third kappa shape index (κ3) is 3.32. The van der Waals surface area contributed by atoms with Crippen LogP contribution < -0.4 is 16.2 Å². The Morgan fingerprint density at radius 3 is 2.70 bits per heavy atom. The molecule has 2 N–H and O–H groups in total. The highest BCUT2D eigenvalue weighted by Crippen LogP contribution is 2.42. The molecular formula is C20H25ClN4O2. The van der Waals surface area contributed by atoms with Crippen LogP contribution in [0.15, 0.2) is 29.1 Å². The van der Waals surface area contributed by atoms with Gasteiger partial charge in [-0.3, -0.25) is 9.36 Å². The van der Waals surface area contributed by atoms with Crippen LogP contribution in [0, 0.1) is 5.41 Å². The predicted molar refractivity (Wildman–Crippen MR) is 108 cm³/mol. The van der Waals surface area contributed by atoms with E-state index in [2.05, 4.69) is 16.8 Å². The van der Waals surface area contributed by atoms with Gasteiger partial charge < -0.3 is 15.4 Å². The topological polar surface area (TPSA) is 73.4 Å². The molecule has 2 fully saturated rings. The fourth-order valence-electron chi connectivity index (χ4n) is 4.38.